The lowest BCUT2D eigenvalue weighted by atomic mass is 9.96. The molecule has 2 rings (SSSR count). The first-order valence-corrected chi connectivity index (χ1v) is 8.19. The second-order valence-corrected chi connectivity index (χ2v) is 6.70. The molecule has 1 N–H and O–H groups in total. The third-order valence-corrected chi connectivity index (χ3v) is 4.46. The Balaban J connectivity index is 2.06. The molecule has 112 valence electrons. The molecule has 2 unspecified atom stereocenters. The van der Waals surface area contributed by atoms with Crippen LogP contribution in [0.15, 0.2) is 24.3 Å². The summed E-state index contributed by atoms with van der Waals surface area (Å²) in [6.07, 6.45) is 2.51. The van der Waals surface area contributed by atoms with Crippen LogP contribution in [-0.4, -0.2) is 30.1 Å². The first-order chi connectivity index (χ1) is 9.60. The van der Waals surface area contributed by atoms with Gasteiger partial charge in [0.15, 0.2) is 0 Å². The normalized spacial score (nSPS) is 24.2. The van der Waals surface area contributed by atoms with Crippen molar-refractivity contribution >= 4 is 11.6 Å². The topological polar surface area (TPSA) is 15.3 Å². The maximum absolute atomic E-state index is 6.11. The highest BCUT2D eigenvalue weighted by Crippen LogP contribution is 2.21. The molecule has 1 fully saturated rings. The number of benzene rings is 1. The molecule has 1 aliphatic heterocycles. The fourth-order valence-electron chi connectivity index (χ4n) is 3.15. The van der Waals surface area contributed by atoms with Crippen molar-refractivity contribution in [1.82, 2.24) is 10.2 Å². The Morgan fingerprint density at radius 2 is 2.20 bits per heavy atom. The Hall–Kier alpha value is -0.570. The minimum Gasteiger partial charge on any atom is -0.311 e. The number of nitrogens with zero attached hydrogens (tertiary/aromatic N) is 1. The van der Waals surface area contributed by atoms with Gasteiger partial charge in [0, 0.05) is 36.7 Å². The van der Waals surface area contributed by atoms with Gasteiger partial charge in [0.1, 0.15) is 0 Å². The van der Waals surface area contributed by atoms with Crippen LogP contribution in [0, 0.1) is 5.92 Å². The van der Waals surface area contributed by atoms with E-state index in [0.717, 1.165) is 24.7 Å². The molecule has 20 heavy (non-hydrogen) atoms. The lowest BCUT2D eigenvalue weighted by Crippen LogP contribution is -2.57. The summed E-state index contributed by atoms with van der Waals surface area (Å²) in [5.74, 6) is 0.671. The Kier molecular flexibility index (Phi) is 5.88. The summed E-state index contributed by atoms with van der Waals surface area (Å²) in [4.78, 5) is 2.63. The predicted octanol–water partition coefficient (Wildman–Crippen LogP) is 3.94. The molecule has 3 heteroatoms. The van der Waals surface area contributed by atoms with E-state index >= 15 is 0 Å². The fraction of sp³-hybridized carbons (Fsp3) is 0.647. The summed E-state index contributed by atoms with van der Waals surface area (Å²) in [5.41, 5.74) is 1.32. The third-order valence-electron chi connectivity index (χ3n) is 4.22. The van der Waals surface area contributed by atoms with Crippen LogP contribution in [0.25, 0.3) is 0 Å². The van der Waals surface area contributed by atoms with Gasteiger partial charge in [-0.1, -0.05) is 50.9 Å². The Morgan fingerprint density at radius 1 is 1.40 bits per heavy atom. The summed E-state index contributed by atoms with van der Waals surface area (Å²) in [5, 5.41) is 4.55. The van der Waals surface area contributed by atoms with Gasteiger partial charge < -0.3 is 5.32 Å². The second-order valence-electron chi connectivity index (χ2n) is 6.26. The molecule has 2 nitrogen and oxygen atoms in total. The summed E-state index contributed by atoms with van der Waals surface area (Å²) >= 11 is 6.11. The van der Waals surface area contributed by atoms with Gasteiger partial charge in [0.2, 0.25) is 0 Å². The van der Waals surface area contributed by atoms with Gasteiger partial charge in [-0.25, -0.2) is 0 Å². The molecule has 1 aromatic carbocycles. The van der Waals surface area contributed by atoms with E-state index < -0.39 is 0 Å². The monoisotopic (exact) mass is 294 g/mol. The molecule has 2 atom stereocenters. The number of nitrogens with one attached hydrogen (secondary N) is 1. The van der Waals surface area contributed by atoms with Gasteiger partial charge in [-0.15, -0.1) is 0 Å². The number of rotatable bonds is 5. The van der Waals surface area contributed by atoms with Crippen LogP contribution in [0.4, 0.5) is 0 Å². The van der Waals surface area contributed by atoms with Gasteiger partial charge in [-0.3, -0.25) is 4.90 Å². The molecular formula is C17H27ClN2. The molecule has 0 saturated carbocycles. The first-order valence-electron chi connectivity index (χ1n) is 7.82. The number of halogens is 1. The highest BCUT2D eigenvalue weighted by Gasteiger charge is 2.29. The van der Waals surface area contributed by atoms with E-state index in [0.29, 0.717) is 18.0 Å². The highest BCUT2D eigenvalue weighted by atomic mass is 35.5. The van der Waals surface area contributed by atoms with Gasteiger partial charge >= 0.3 is 0 Å². The van der Waals surface area contributed by atoms with E-state index in [1.165, 1.54) is 18.4 Å². The summed E-state index contributed by atoms with van der Waals surface area (Å²) in [6.45, 7) is 10.1. The molecule has 1 saturated heterocycles. The van der Waals surface area contributed by atoms with Gasteiger partial charge in [0.25, 0.3) is 0 Å². The van der Waals surface area contributed by atoms with Crippen molar-refractivity contribution in [2.24, 2.45) is 5.92 Å². The van der Waals surface area contributed by atoms with Crippen molar-refractivity contribution in [3.8, 4) is 0 Å². The van der Waals surface area contributed by atoms with Crippen molar-refractivity contribution in [2.75, 3.05) is 13.1 Å². The van der Waals surface area contributed by atoms with E-state index in [4.69, 9.17) is 11.6 Å². The smallest absolute Gasteiger partial charge is 0.0409 e. The molecule has 0 aliphatic carbocycles. The fourth-order valence-corrected chi connectivity index (χ4v) is 3.36. The molecule has 0 bridgehead atoms. The average Bonchev–Trinajstić information content (AvgIpc) is 2.39. The van der Waals surface area contributed by atoms with E-state index in [1.807, 2.05) is 12.1 Å². The van der Waals surface area contributed by atoms with Crippen molar-refractivity contribution < 1.29 is 0 Å². The molecule has 0 amide bonds. The summed E-state index contributed by atoms with van der Waals surface area (Å²) in [7, 11) is 0. The highest BCUT2D eigenvalue weighted by molar-refractivity contribution is 6.30. The molecular weight excluding hydrogens is 268 g/mol. The quantitative estimate of drug-likeness (QED) is 0.885. The van der Waals surface area contributed by atoms with E-state index in [1.54, 1.807) is 0 Å². The zero-order chi connectivity index (χ0) is 14.5. The lowest BCUT2D eigenvalue weighted by Gasteiger charge is -2.42. The number of hydrogen-bond donors (Lipinski definition) is 1. The SMILES string of the molecule is CCCC1CN(Cc2cccc(Cl)c2)C(C(C)C)CN1. The van der Waals surface area contributed by atoms with Crippen LogP contribution in [-0.2, 0) is 6.54 Å². The largest absolute Gasteiger partial charge is 0.311 e. The van der Waals surface area contributed by atoms with Crippen LogP contribution in [0.5, 0.6) is 0 Å². The summed E-state index contributed by atoms with van der Waals surface area (Å²) in [6, 6.07) is 9.52. The summed E-state index contributed by atoms with van der Waals surface area (Å²) < 4.78 is 0. The van der Waals surface area contributed by atoms with Crippen molar-refractivity contribution in [3.63, 3.8) is 0 Å². The van der Waals surface area contributed by atoms with Gasteiger partial charge in [-0.05, 0) is 30.0 Å². The molecule has 1 aliphatic rings. The van der Waals surface area contributed by atoms with Crippen LogP contribution < -0.4 is 5.32 Å². The van der Waals surface area contributed by atoms with E-state index in [2.05, 4.69) is 43.1 Å². The Labute approximate surface area is 128 Å². The zero-order valence-electron chi connectivity index (χ0n) is 12.9. The van der Waals surface area contributed by atoms with Crippen LogP contribution in [0.1, 0.15) is 39.2 Å². The molecule has 0 aromatic heterocycles. The molecule has 1 heterocycles. The number of hydrogen-bond acceptors (Lipinski definition) is 2. The first kappa shape index (κ1) is 15.8. The molecule has 0 radical (unpaired) electrons. The van der Waals surface area contributed by atoms with E-state index in [9.17, 15) is 0 Å². The van der Waals surface area contributed by atoms with E-state index in [-0.39, 0.29) is 0 Å². The van der Waals surface area contributed by atoms with Crippen molar-refractivity contribution in [1.29, 1.82) is 0 Å². The maximum atomic E-state index is 6.11. The Morgan fingerprint density at radius 3 is 2.85 bits per heavy atom. The van der Waals surface area contributed by atoms with Crippen LogP contribution in [0.3, 0.4) is 0 Å². The van der Waals surface area contributed by atoms with Crippen LogP contribution in [0.2, 0.25) is 5.02 Å². The molecule has 1 aromatic rings. The standard InChI is InChI=1S/C17H27ClN2/c1-4-6-16-12-20(17(10-19-16)13(2)3)11-14-7-5-8-15(18)9-14/h5,7-9,13,16-17,19H,4,6,10-12H2,1-3H3. The third kappa shape index (κ3) is 4.21. The van der Waals surface area contributed by atoms with Crippen molar-refractivity contribution in [3.05, 3.63) is 34.9 Å². The predicted molar refractivity (Wildman–Crippen MR) is 87.2 cm³/mol. The maximum Gasteiger partial charge on any atom is 0.0409 e. The minimum absolute atomic E-state index is 0.613. The van der Waals surface area contributed by atoms with Gasteiger partial charge in [0.05, 0.1) is 0 Å². The number of piperazine rings is 1. The molecule has 0 spiro atoms. The van der Waals surface area contributed by atoms with Gasteiger partial charge in [-0.2, -0.15) is 0 Å². The van der Waals surface area contributed by atoms with Crippen molar-refractivity contribution in [2.45, 2.75) is 52.2 Å². The average molecular weight is 295 g/mol. The second kappa shape index (κ2) is 7.44. The lowest BCUT2D eigenvalue weighted by molar-refractivity contribution is 0.0885. The van der Waals surface area contributed by atoms with Crippen LogP contribution >= 0.6 is 11.6 Å². The Bertz CT molecular complexity index is 419. The zero-order valence-corrected chi connectivity index (χ0v) is 13.7. The minimum atomic E-state index is 0.613.